The second-order valence-corrected chi connectivity index (χ2v) is 6.26. The molecule has 0 saturated heterocycles. The summed E-state index contributed by atoms with van der Waals surface area (Å²) in [5.74, 6) is 1.22. The molecule has 0 aliphatic carbocycles. The topological polar surface area (TPSA) is 63.2 Å². The van der Waals surface area contributed by atoms with E-state index in [1.165, 1.54) is 0 Å². The molecule has 0 saturated carbocycles. The molecule has 0 atom stereocenters. The molecule has 3 rings (SSSR count). The third kappa shape index (κ3) is 4.64. The number of carbonyl (C=O) groups is 1. The van der Waals surface area contributed by atoms with E-state index in [4.69, 9.17) is 4.74 Å². The molecule has 1 aromatic heterocycles. The number of aryl methyl sites for hydroxylation is 2. The predicted octanol–water partition coefficient (Wildman–Crippen LogP) is 5.09. The number of rotatable bonds is 6. The molecule has 27 heavy (non-hydrogen) atoms. The maximum Gasteiger partial charge on any atom is 0.257 e. The number of benzene rings is 2. The van der Waals surface area contributed by atoms with Crippen LogP contribution in [0.2, 0.25) is 0 Å². The third-order valence-electron chi connectivity index (χ3n) is 4.11. The molecule has 0 aliphatic heterocycles. The Morgan fingerprint density at radius 3 is 2.56 bits per heavy atom. The largest absolute Gasteiger partial charge is 0.492 e. The van der Waals surface area contributed by atoms with Crippen molar-refractivity contribution in [3.05, 3.63) is 77.5 Å². The maximum absolute atomic E-state index is 12.5. The van der Waals surface area contributed by atoms with Crippen molar-refractivity contribution in [1.82, 2.24) is 4.98 Å². The average molecular weight is 361 g/mol. The summed E-state index contributed by atoms with van der Waals surface area (Å²) in [6.07, 6.45) is 1.56. The molecule has 5 nitrogen and oxygen atoms in total. The normalized spacial score (nSPS) is 10.3. The van der Waals surface area contributed by atoms with Gasteiger partial charge in [-0.3, -0.25) is 4.79 Å². The average Bonchev–Trinajstić information content (AvgIpc) is 2.66. The summed E-state index contributed by atoms with van der Waals surface area (Å²) in [6.45, 7) is 6.53. The molecule has 138 valence electrons. The molecule has 0 aliphatic rings. The minimum absolute atomic E-state index is 0.185. The van der Waals surface area contributed by atoms with Crippen LogP contribution in [0, 0.1) is 13.8 Å². The Kier molecular flexibility index (Phi) is 5.71. The predicted molar refractivity (Wildman–Crippen MR) is 109 cm³/mol. The smallest absolute Gasteiger partial charge is 0.257 e. The fraction of sp³-hybridized carbons (Fsp3) is 0.182. The van der Waals surface area contributed by atoms with Crippen molar-refractivity contribution in [2.75, 3.05) is 17.2 Å². The van der Waals surface area contributed by atoms with Crippen molar-refractivity contribution < 1.29 is 9.53 Å². The fourth-order valence-corrected chi connectivity index (χ4v) is 2.74. The second-order valence-electron chi connectivity index (χ2n) is 6.26. The molecule has 1 heterocycles. The zero-order chi connectivity index (χ0) is 19.2. The van der Waals surface area contributed by atoms with Gasteiger partial charge in [-0.25, -0.2) is 4.98 Å². The molecule has 0 spiro atoms. The number of hydrogen-bond donors (Lipinski definition) is 2. The van der Waals surface area contributed by atoms with Crippen molar-refractivity contribution in [2.24, 2.45) is 0 Å². The number of aromatic nitrogens is 1. The van der Waals surface area contributed by atoms with Crippen LogP contribution in [0.25, 0.3) is 0 Å². The van der Waals surface area contributed by atoms with E-state index in [1.807, 2.05) is 63.2 Å². The minimum Gasteiger partial charge on any atom is -0.492 e. The van der Waals surface area contributed by atoms with E-state index in [-0.39, 0.29) is 5.91 Å². The molecule has 2 N–H and O–H groups in total. The highest BCUT2D eigenvalue weighted by atomic mass is 16.5. The highest BCUT2D eigenvalue weighted by Crippen LogP contribution is 2.26. The lowest BCUT2D eigenvalue weighted by molar-refractivity contribution is 0.102. The third-order valence-corrected chi connectivity index (χ3v) is 4.11. The van der Waals surface area contributed by atoms with Crippen molar-refractivity contribution >= 4 is 23.1 Å². The molecule has 0 radical (unpaired) electrons. The van der Waals surface area contributed by atoms with Gasteiger partial charge < -0.3 is 15.4 Å². The van der Waals surface area contributed by atoms with Crippen molar-refractivity contribution in [3.63, 3.8) is 0 Å². The van der Waals surface area contributed by atoms with Crippen molar-refractivity contribution in [1.29, 1.82) is 0 Å². The van der Waals surface area contributed by atoms with E-state index < -0.39 is 0 Å². The van der Waals surface area contributed by atoms with Crippen LogP contribution in [0.3, 0.4) is 0 Å². The molecule has 0 unspecified atom stereocenters. The number of anilines is 3. The number of nitrogens with one attached hydrogen (secondary N) is 2. The van der Waals surface area contributed by atoms with Crippen LogP contribution in [0.15, 0.2) is 60.8 Å². The summed E-state index contributed by atoms with van der Waals surface area (Å²) in [5.41, 5.74) is 4.33. The summed E-state index contributed by atoms with van der Waals surface area (Å²) >= 11 is 0. The number of hydrogen-bond acceptors (Lipinski definition) is 4. The molecule has 5 heteroatoms. The fourth-order valence-electron chi connectivity index (χ4n) is 2.74. The van der Waals surface area contributed by atoms with Crippen LogP contribution in [-0.4, -0.2) is 17.5 Å². The molecule has 1 amide bonds. The summed E-state index contributed by atoms with van der Waals surface area (Å²) < 4.78 is 5.60. The van der Waals surface area contributed by atoms with E-state index in [0.29, 0.717) is 18.0 Å². The second kappa shape index (κ2) is 8.36. The monoisotopic (exact) mass is 361 g/mol. The number of amides is 1. The van der Waals surface area contributed by atoms with Crippen LogP contribution >= 0.6 is 0 Å². The van der Waals surface area contributed by atoms with Gasteiger partial charge in [0.05, 0.1) is 17.9 Å². The minimum atomic E-state index is -0.185. The quantitative estimate of drug-likeness (QED) is 0.642. The lowest BCUT2D eigenvalue weighted by Gasteiger charge is -2.12. The Morgan fingerprint density at radius 2 is 1.85 bits per heavy atom. The van der Waals surface area contributed by atoms with E-state index in [2.05, 4.69) is 15.6 Å². The first-order valence-electron chi connectivity index (χ1n) is 8.90. The Labute approximate surface area is 159 Å². The van der Waals surface area contributed by atoms with Gasteiger partial charge in [0.15, 0.2) is 0 Å². The molecule has 3 aromatic rings. The standard InChI is InChI=1S/C22H23N3O2/c1-4-27-20-8-6-5-7-19(20)24-21-12-10-17(14-23-21)22(26)25-18-11-9-15(2)13-16(18)3/h5-14H,4H2,1-3H3,(H,23,24)(H,25,26). The summed E-state index contributed by atoms with van der Waals surface area (Å²) in [6, 6.07) is 17.1. The molecule has 0 fully saturated rings. The van der Waals surface area contributed by atoms with E-state index in [0.717, 1.165) is 28.3 Å². The van der Waals surface area contributed by atoms with E-state index in [1.54, 1.807) is 18.3 Å². The van der Waals surface area contributed by atoms with Gasteiger partial charge in [0.1, 0.15) is 11.6 Å². The first-order valence-corrected chi connectivity index (χ1v) is 8.90. The van der Waals surface area contributed by atoms with Crippen molar-refractivity contribution in [2.45, 2.75) is 20.8 Å². The van der Waals surface area contributed by atoms with Gasteiger partial charge in [0, 0.05) is 11.9 Å². The number of carbonyl (C=O) groups excluding carboxylic acids is 1. The Morgan fingerprint density at radius 1 is 1.04 bits per heavy atom. The summed E-state index contributed by atoms with van der Waals surface area (Å²) in [7, 11) is 0. The summed E-state index contributed by atoms with van der Waals surface area (Å²) in [5, 5.41) is 6.15. The highest BCUT2D eigenvalue weighted by molar-refractivity contribution is 6.04. The van der Waals surface area contributed by atoms with E-state index in [9.17, 15) is 4.79 Å². The zero-order valence-electron chi connectivity index (χ0n) is 15.7. The van der Waals surface area contributed by atoms with Gasteiger partial charge in [-0.2, -0.15) is 0 Å². The SMILES string of the molecule is CCOc1ccccc1Nc1ccc(C(=O)Nc2ccc(C)cc2C)cn1. The van der Waals surface area contributed by atoms with Crippen LogP contribution in [0.1, 0.15) is 28.4 Å². The number of pyridine rings is 1. The summed E-state index contributed by atoms with van der Waals surface area (Å²) in [4.78, 5) is 16.8. The first-order chi connectivity index (χ1) is 13.1. The molecule has 0 bridgehead atoms. The number of ether oxygens (including phenoxy) is 1. The van der Waals surface area contributed by atoms with Crippen LogP contribution in [-0.2, 0) is 0 Å². The van der Waals surface area contributed by atoms with Gasteiger partial charge in [-0.1, -0.05) is 29.8 Å². The number of nitrogens with zero attached hydrogens (tertiary/aromatic N) is 1. The lowest BCUT2D eigenvalue weighted by Crippen LogP contribution is -2.13. The zero-order valence-corrected chi connectivity index (χ0v) is 15.7. The van der Waals surface area contributed by atoms with Gasteiger partial charge in [-0.05, 0) is 56.7 Å². The van der Waals surface area contributed by atoms with Crippen LogP contribution in [0.5, 0.6) is 5.75 Å². The van der Waals surface area contributed by atoms with E-state index >= 15 is 0 Å². The van der Waals surface area contributed by atoms with Gasteiger partial charge in [0.25, 0.3) is 5.91 Å². The Balaban J connectivity index is 1.71. The van der Waals surface area contributed by atoms with Crippen LogP contribution < -0.4 is 15.4 Å². The maximum atomic E-state index is 12.5. The number of para-hydroxylation sites is 2. The van der Waals surface area contributed by atoms with Crippen LogP contribution in [0.4, 0.5) is 17.2 Å². The lowest BCUT2D eigenvalue weighted by atomic mass is 10.1. The molecular weight excluding hydrogens is 338 g/mol. The van der Waals surface area contributed by atoms with Gasteiger partial charge in [0.2, 0.25) is 0 Å². The first kappa shape index (κ1) is 18.5. The highest BCUT2D eigenvalue weighted by Gasteiger charge is 2.09. The molecular formula is C22H23N3O2. The Bertz CT molecular complexity index is 937. The van der Waals surface area contributed by atoms with Crippen molar-refractivity contribution in [3.8, 4) is 5.75 Å². The Hall–Kier alpha value is -3.34. The van der Waals surface area contributed by atoms with Gasteiger partial charge >= 0.3 is 0 Å². The molecule has 2 aromatic carbocycles. The van der Waals surface area contributed by atoms with Gasteiger partial charge in [-0.15, -0.1) is 0 Å².